The van der Waals surface area contributed by atoms with Gasteiger partial charge in [-0.3, -0.25) is 13.9 Å². The third-order valence-electron chi connectivity index (χ3n) is 6.84. The minimum atomic E-state index is -4.20. The topological polar surface area (TPSA) is 86.8 Å². The second-order valence-corrected chi connectivity index (χ2v) is 13.1. The molecule has 0 heterocycles. The molecule has 0 aromatic heterocycles. The summed E-state index contributed by atoms with van der Waals surface area (Å²) in [6.45, 7) is 8.49. The van der Waals surface area contributed by atoms with E-state index in [1.807, 2.05) is 20.8 Å². The summed E-state index contributed by atoms with van der Waals surface area (Å²) >= 11 is 18.7. The van der Waals surface area contributed by atoms with E-state index in [-0.39, 0.29) is 29.1 Å². The van der Waals surface area contributed by atoms with Crippen molar-refractivity contribution in [2.45, 2.75) is 64.6 Å². The van der Waals surface area contributed by atoms with Crippen molar-refractivity contribution >= 4 is 62.3 Å². The van der Waals surface area contributed by atoms with Gasteiger partial charge in [-0.25, -0.2) is 8.42 Å². The number of amides is 2. The zero-order valence-electron chi connectivity index (χ0n) is 23.6. The predicted molar refractivity (Wildman–Crippen MR) is 166 cm³/mol. The van der Waals surface area contributed by atoms with E-state index in [0.717, 1.165) is 15.4 Å². The van der Waals surface area contributed by atoms with Crippen molar-refractivity contribution < 1.29 is 18.0 Å². The molecule has 41 heavy (non-hydrogen) atoms. The monoisotopic (exact) mass is 637 g/mol. The Bertz CT molecular complexity index is 1510. The lowest BCUT2D eigenvalue weighted by Crippen LogP contribution is -2.52. The largest absolute Gasteiger partial charge is 0.352 e. The van der Waals surface area contributed by atoms with Gasteiger partial charge >= 0.3 is 0 Å². The molecule has 0 spiro atoms. The Kier molecular flexibility index (Phi) is 11.1. The van der Waals surface area contributed by atoms with Gasteiger partial charge in [-0.05, 0) is 81.6 Å². The Morgan fingerprint density at radius 2 is 1.54 bits per heavy atom. The average molecular weight is 639 g/mol. The van der Waals surface area contributed by atoms with E-state index in [0.29, 0.717) is 27.1 Å². The van der Waals surface area contributed by atoms with E-state index >= 15 is 0 Å². The fraction of sp³-hybridized carbons (Fsp3) is 0.333. The van der Waals surface area contributed by atoms with E-state index in [2.05, 4.69) is 5.32 Å². The van der Waals surface area contributed by atoms with E-state index in [1.54, 1.807) is 56.3 Å². The van der Waals surface area contributed by atoms with Crippen LogP contribution in [0, 0.1) is 13.8 Å². The summed E-state index contributed by atoms with van der Waals surface area (Å²) in [7, 11) is -4.20. The Hall–Kier alpha value is -2.78. The second kappa shape index (κ2) is 13.9. The van der Waals surface area contributed by atoms with Crippen LogP contribution < -0.4 is 9.62 Å². The highest BCUT2D eigenvalue weighted by Gasteiger charge is 2.33. The first-order valence-corrected chi connectivity index (χ1v) is 15.7. The van der Waals surface area contributed by atoms with Gasteiger partial charge in [-0.2, -0.15) is 0 Å². The molecule has 0 radical (unpaired) electrons. The first-order chi connectivity index (χ1) is 19.2. The maximum Gasteiger partial charge on any atom is 0.264 e. The zero-order chi connectivity index (χ0) is 30.5. The van der Waals surface area contributed by atoms with Gasteiger partial charge in [0.1, 0.15) is 12.6 Å². The number of halogens is 3. The molecule has 2 amide bonds. The molecule has 0 bridgehead atoms. The number of sulfonamides is 1. The maximum atomic E-state index is 14.0. The van der Waals surface area contributed by atoms with Crippen LogP contribution in [0.2, 0.25) is 15.1 Å². The molecular formula is C30H34Cl3N3O4S. The maximum absolute atomic E-state index is 14.0. The summed E-state index contributed by atoms with van der Waals surface area (Å²) in [5.41, 5.74) is 2.49. The number of anilines is 1. The van der Waals surface area contributed by atoms with Crippen molar-refractivity contribution in [3.05, 3.63) is 92.4 Å². The Morgan fingerprint density at radius 3 is 2.12 bits per heavy atom. The predicted octanol–water partition coefficient (Wildman–Crippen LogP) is 6.79. The fourth-order valence-electron chi connectivity index (χ4n) is 3.99. The van der Waals surface area contributed by atoms with Crippen molar-refractivity contribution in [2.75, 3.05) is 10.8 Å². The minimum absolute atomic E-state index is 0.00210. The van der Waals surface area contributed by atoms with Crippen LogP contribution in [-0.2, 0) is 26.2 Å². The van der Waals surface area contributed by atoms with Crippen LogP contribution in [-0.4, -0.2) is 43.8 Å². The lowest BCUT2D eigenvalue weighted by Gasteiger charge is -2.32. The molecule has 0 saturated carbocycles. The molecule has 0 unspecified atom stereocenters. The van der Waals surface area contributed by atoms with Crippen molar-refractivity contribution in [1.82, 2.24) is 10.2 Å². The van der Waals surface area contributed by atoms with E-state index < -0.39 is 28.5 Å². The Morgan fingerprint density at radius 1 is 0.878 bits per heavy atom. The molecule has 0 aliphatic rings. The van der Waals surface area contributed by atoms with Gasteiger partial charge < -0.3 is 10.2 Å². The van der Waals surface area contributed by atoms with E-state index in [4.69, 9.17) is 34.8 Å². The fourth-order valence-corrected chi connectivity index (χ4v) is 5.89. The number of benzene rings is 3. The number of aryl methyl sites for hydroxylation is 2. The van der Waals surface area contributed by atoms with Gasteiger partial charge in [0.15, 0.2) is 0 Å². The van der Waals surface area contributed by atoms with Gasteiger partial charge in [0.25, 0.3) is 10.0 Å². The quantitative estimate of drug-likeness (QED) is 0.251. The molecule has 7 nitrogen and oxygen atoms in total. The summed E-state index contributed by atoms with van der Waals surface area (Å²) in [5, 5.41) is 3.90. The van der Waals surface area contributed by atoms with Crippen LogP contribution in [0.5, 0.6) is 0 Å². The number of hydrogen-bond acceptors (Lipinski definition) is 4. The molecular weight excluding hydrogens is 605 g/mol. The third-order valence-corrected chi connectivity index (χ3v) is 9.77. The van der Waals surface area contributed by atoms with Crippen molar-refractivity contribution in [3.8, 4) is 0 Å². The van der Waals surface area contributed by atoms with Crippen LogP contribution in [0.1, 0.15) is 43.9 Å². The highest BCUT2D eigenvalue weighted by atomic mass is 35.5. The smallest absolute Gasteiger partial charge is 0.264 e. The molecule has 0 aliphatic heterocycles. The molecule has 3 aromatic carbocycles. The second-order valence-electron chi connectivity index (χ2n) is 10.0. The lowest BCUT2D eigenvalue weighted by molar-refractivity contribution is -0.139. The Balaban J connectivity index is 2.06. The Labute approximate surface area is 257 Å². The standard InChI is InChI=1S/C30H34Cl3N3O4S/c1-6-21(4)34-30(38)22(5)35(17-23-10-14-26(31)28(33)15-23)29(37)18-36(24-11-9-20(3)27(32)16-24)41(39,40)25-12-7-19(2)8-13-25/h7-16,21-22H,6,17-18H2,1-5H3,(H,34,38)/t21-,22+/m0/s1. The molecule has 3 rings (SSSR count). The normalized spacial score (nSPS) is 12.9. The van der Waals surface area contributed by atoms with Crippen LogP contribution >= 0.6 is 34.8 Å². The van der Waals surface area contributed by atoms with Gasteiger partial charge in [0.05, 0.1) is 20.6 Å². The summed E-state index contributed by atoms with van der Waals surface area (Å²) in [4.78, 5) is 28.5. The van der Waals surface area contributed by atoms with Crippen molar-refractivity contribution in [2.24, 2.45) is 0 Å². The SMILES string of the molecule is CC[C@H](C)NC(=O)[C@@H](C)N(Cc1ccc(Cl)c(Cl)c1)C(=O)CN(c1ccc(C)c(Cl)c1)S(=O)(=O)c1ccc(C)cc1. The number of nitrogens with one attached hydrogen (secondary N) is 1. The number of carbonyl (C=O) groups is 2. The lowest BCUT2D eigenvalue weighted by atomic mass is 10.1. The minimum Gasteiger partial charge on any atom is -0.352 e. The van der Waals surface area contributed by atoms with Crippen molar-refractivity contribution in [3.63, 3.8) is 0 Å². The molecule has 0 fully saturated rings. The highest BCUT2D eigenvalue weighted by Crippen LogP contribution is 2.29. The molecule has 220 valence electrons. The van der Waals surface area contributed by atoms with E-state index in [9.17, 15) is 18.0 Å². The average Bonchev–Trinajstić information content (AvgIpc) is 2.93. The number of rotatable bonds is 11. The van der Waals surface area contributed by atoms with Crippen LogP contribution in [0.3, 0.4) is 0 Å². The zero-order valence-corrected chi connectivity index (χ0v) is 26.7. The first kappa shape index (κ1) is 32.7. The van der Waals surface area contributed by atoms with Crippen LogP contribution in [0.25, 0.3) is 0 Å². The van der Waals surface area contributed by atoms with Crippen LogP contribution in [0.15, 0.2) is 65.6 Å². The van der Waals surface area contributed by atoms with Gasteiger partial charge in [0.2, 0.25) is 11.8 Å². The summed E-state index contributed by atoms with van der Waals surface area (Å²) in [6.07, 6.45) is 0.704. The van der Waals surface area contributed by atoms with Crippen LogP contribution in [0.4, 0.5) is 5.69 Å². The van der Waals surface area contributed by atoms with Gasteiger partial charge in [0, 0.05) is 17.6 Å². The van der Waals surface area contributed by atoms with Gasteiger partial charge in [-0.1, -0.05) is 71.6 Å². The molecule has 3 aromatic rings. The van der Waals surface area contributed by atoms with Crippen molar-refractivity contribution in [1.29, 1.82) is 0 Å². The molecule has 11 heteroatoms. The number of nitrogens with zero attached hydrogens (tertiary/aromatic N) is 2. The third kappa shape index (κ3) is 8.16. The number of hydrogen-bond donors (Lipinski definition) is 1. The summed E-state index contributed by atoms with van der Waals surface area (Å²) in [5.74, 6) is -0.950. The molecule has 1 N–H and O–H groups in total. The highest BCUT2D eigenvalue weighted by molar-refractivity contribution is 7.92. The summed E-state index contributed by atoms with van der Waals surface area (Å²) < 4.78 is 28.9. The molecule has 0 saturated heterocycles. The summed E-state index contributed by atoms with van der Waals surface area (Å²) in [6, 6.07) is 15.1. The molecule has 0 aliphatic carbocycles. The van der Waals surface area contributed by atoms with Gasteiger partial charge in [-0.15, -0.1) is 0 Å². The first-order valence-electron chi connectivity index (χ1n) is 13.1. The molecule has 2 atom stereocenters. The van der Waals surface area contributed by atoms with E-state index in [1.165, 1.54) is 23.1 Å². The number of carbonyl (C=O) groups excluding carboxylic acids is 2.